The molecule has 2 aliphatic rings. The summed E-state index contributed by atoms with van der Waals surface area (Å²) in [6, 6.07) is 5.61. The normalized spacial score (nSPS) is 23.5. The van der Waals surface area contributed by atoms with Crippen molar-refractivity contribution in [2.45, 2.75) is 12.5 Å². The van der Waals surface area contributed by atoms with Gasteiger partial charge in [0.1, 0.15) is 23.5 Å². The van der Waals surface area contributed by atoms with Gasteiger partial charge < -0.3 is 19.5 Å². The lowest BCUT2D eigenvalue weighted by Crippen LogP contribution is -2.45. The molecule has 8 nitrogen and oxygen atoms in total. The average Bonchev–Trinajstić information content (AvgIpc) is 3.07. The summed E-state index contributed by atoms with van der Waals surface area (Å²) >= 11 is 0. The summed E-state index contributed by atoms with van der Waals surface area (Å²) in [5.41, 5.74) is 0.934. The van der Waals surface area contributed by atoms with Gasteiger partial charge in [-0.2, -0.15) is 0 Å². The van der Waals surface area contributed by atoms with Crippen molar-refractivity contribution < 1.29 is 19.4 Å². The molecule has 28 heavy (non-hydrogen) atoms. The van der Waals surface area contributed by atoms with E-state index in [1.165, 1.54) is 0 Å². The van der Waals surface area contributed by atoms with Gasteiger partial charge in [0.15, 0.2) is 0 Å². The summed E-state index contributed by atoms with van der Waals surface area (Å²) in [4.78, 5) is 24.9. The van der Waals surface area contributed by atoms with Crippen LogP contribution in [-0.4, -0.2) is 66.8 Å². The molecule has 0 aliphatic carbocycles. The molecular formula is C20H24N4O4. The molecule has 148 valence electrons. The van der Waals surface area contributed by atoms with E-state index < -0.39 is 11.4 Å². The molecule has 1 N–H and O–H groups in total. The van der Waals surface area contributed by atoms with Crippen LogP contribution in [0.25, 0.3) is 0 Å². The fraction of sp³-hybridized carbons (Fsp3) is 0.450. The number of aliphatic carboxylic acids is 1. The molecule has 0 radical (unpaired) electrons. The minimum Gasteiger partial charge on any atom is -0.497 e. The fourth-order valence-corrected chi connectivity index (χ4v) is 4.13. The summed E-state index contributed by atoms with van der Waals surface area (Å²) in [6.07, 6.45) is 3.60. The van der Waals surface area contributed by atoms with E-state index in [9.17, 15) is 9.90 Å². The van der Waals surface area contributed by atoms with Crippen LogP contribution in [0.2, 0.25) is 0 Å². The molecular weight excluding hydrogens is 360 g/mol. The smallest absolute Gasteiger partial charge is 0.315 e. The maximum atomic E-state index is 12.2. The summed E-state index contributed by atoms with van der Waals surface area (Å²) in [5.74, 6) is 1.11. The minimum atomic E-state index is -0.952. The van der Waals surface area contributed by atoms with Gasteiger partial charge in [-0.05, 0) is 6.07 Å². The molecule has 0 amide bonds. The van der Waals surface area contributed by atoms with E-state index in [0.717, 1.165) is 11.1 Å². The van der Waals surface area contributed by atoms with Crippen LogP contribution in [0.15, 0.2) is 30.6 Å². The second kappa shape index (κ2) is 6.94. The Bertz CT molecular complexity index is 886. The topological polar surface area (TPSA) is 88.0 Å². The van der Waals surface area contributed by atoms with Crippen molar-refractivity contribution in [1.82, 2.24) is 14.9 Å². The van der Waals surface area contributed by atoms with Crippen molar-refractivity contribution >= 4 is 11.9 Å². The second-order valence-corrected chi connectivity index (χ2v) is 7.66. The van der Waals surface area contributed by atoms with E-state index >= 15 is 0 Å². The first-order valence-electron chi connectivity index (χ1n) is 9.17. The van der Waals surface area contributed by atoms with Gasteiger partial charge in [0.2, 0.25) is 5.95 Å². The van der Waals surface area contributed by atoms with Crippen molar-refractivity contribution in [3.8, 4) is 11.5 Å². The fourth-order valence-electron chi connectivity index (χ4n) is 4.13. The highest BCUT2D eigenvalue weighted by atomic mass is 16.5. The number of aromatic nitrogens is 2. The highest BCUT2D eigenvalue weighted by molar-refractivity contribution is 5.78. The number of carboxylic acids is 1. The van der Waals surface area contributed by atoms with Crippen molar-refractivity contribution in [1.29, 1.82) is 0 Å². The molecule has 1 saturated heterocycles. The van der Waals surface area contributed by atoms with E-state index in [4.69, 9.17) is 9.47 Å². The number of hydrogen-bond donors (Lipinski definition) is 1. The summed E-state index contributed by atoms with van der Waals surface area (Å²) in [6.45, 7) is 1.82. The minimum absolute atomic E-state index is 0.137. The molecule has 8 heteroatoms. The molecule has 2 atom stereocenters. The van der Waals surface area contributed by atoms with E-state index in [-0.39, 0.29) is 12.5 Å². The number of methoxy groups -OCH3 is 1. The zero-order chi connectivity index (χ0) is 19.9. The van der Waals surface area contributed by atoms with Crippen LogP contribution < -0.4 is 14.4 Å². The van der Waals surface area contributed by atoms with Crippen molar-refractivity contribution in [3.05, 3.63) is 41.7 Å². The van der Waals surface area contributed by atoms with Crippen molar-refractivity contribution in [2.75, 3.05) is 45.8 Å². The molecule has 0 bridgehead atoms. The van der Waals surface area contributed by atoms with Crippen LogP contribution >= 0.6 is 0 Å². The lowest BCUT2D eigenvalue weighted by Gasteiger charge is -2.36. The zero-order valence-electron chi connectivity index (χ0n) is 16.3. The molecule has 2 aromatic rings. The number of carboxylic acid groups (broad SMARTS) is 1. The highest BCUT2D eigenvalue weighted by Gasteiger charge is 2.56. The van der Waals surface area contributed by atoms with Gasteiger partial charge >= 0.3 is 5.97 Å². The first kappa shape index (κ1) is 18.5. The first-order chi connectivity index (χ1) is 13.4. The molecule has 0 saturated carbocycles. The molecule has 1 fully saturated rings. The summed E-state index contributed by atoms with van der Waals surface area (Å²) in [7, 11) is 5.39. The van der Waals surface area contributed by atoms with Crippen LogP contribution in [0.4, 0.5) is 5.95 Å². The van der Waals surface area contributed by atoms with Crippen LogP contribution in [-0.2, 0) is 11.3 Å². The maximum absolute atomic E-state index is 12.2. The maximum Gasteiger partial charge on any atom is 0.315 e. The van der Waals surface area contributed by atoms with E-state index in [1.54, 1.807) is 19.5 Å². The zero-order valence-corrected chi connectivity index (χ0v) is 16.3. The predicted octanol–water partition coefficient (Wildman–Crippen LogP) is 1.61. The molecule has 3 heterocycles. The number of likely N-dealkylation sites (tertiary alicyclic amines) is 1. The Labute approximate surface area is 163 Å². The Balaban J connectivity index is 1.59. The average molecular weight is 384 g/mol. The summed E-state index contributed by atoms with van der Waals surface area (Å²) < 4.78 is 11.1. The third-order valence-corrected chi connectivity index (χ3v) is 5.62. The quantitative estimate of drug-likeness (QED) is 0.832. The van der Waals surface area contributed by atoms with Gasteiger partial charge in [-0.3, -0.25) is 9.69 Å². The largest absolute Gasteiger partial charge is 0.497 e. The molecule has 4 rings (SSSR count). The van der Waals surface area contributed by atoms with Gasteiger partial charge in [0.05, 0.1) is 7.11 Å². The lowest BCUT2D eigenvalue weighted by molar-refractivity contribution is -0.151. The van der Waals surface area contributed by atoms with E-state index in [0.29, 0.717) is 37.1 Å². The number of anilines is 1. The number of nitrogens with zero attached hydrogens (tertiary/aromatic N) is 4. The Morgan fingerprint density at radius 1 is 1.39 bits per heavy atom. The highest BCUT2D eigenvalue weighted by Crippen LogP contribution is 2.50. The van der Waals surface area contributed by atoms with E-state index in [1.807, 2.05) is 37.2 Å². The molecule has 1 unspecified atom stereocenters. The Hall–Kier alpha value is -2.87. The van der Waals surface area contributed by atoms with Gasteiger partial charge in [0, 0.05) is 69.2 Å². The van der Waals surface area contributed by atoms with Crippen molar-refractivity contribution in [2.24, 2.45) is 5.41 Å². The molecule has 0 spiro atoms. The first-order valence-corrected chi connectivity index (χ1v) is 9.17. The van der Waals surface area contributed by atoms with Crippen LogP contribution in [0.3, 0.4) is 0 Å². The Morgan fingerprint density at radius 3 is 2.79 bits per heavy atom. The standard InChI is InChI=1S/C20H24N4O4/c1-23(2)19-21-7-13(8-22-19)9-24-10-16-15-5-4-14(27-3)6-17(15)28-12-20(16,11-24)18(25)26/h4-8,16H,9-12H2,1-3H3,(H,25,26)/t16?,20-/m1/s1. The molecule has 1 aromatic carbocycles. The number of ether oxygens (including phenoxy) is 2. The number of hydrogen-bond acceptors (Lipinski definition) is 7. The van der Waals surface area contributed by atoms with Crippen LogP contribution in [0, 0.1) is 5.41 Å². The van der Waals surface area contributed by atoms with Crippen LogP contribution in [0.1, 0.15) is 17.0 Å². The van der Waals surface area contributed by atoms with Gasteiger partial charge in [0.25, 0.3) is 0 Å². The Kier molecular flexibility index (Phi) is 4.58. The van der Waals surface area contributed by atoms with Gasteiger partial charge in [-0.15, -0.1) is 0 Å². The number of fused-ring (bicyclic) bond motifs is 3. The number of rotatable bonds is 5. The third kappa shape index (κ3) is 3.03. The van der Waals surface area contributed by atoms with E-state index in [2.05, 4.69) is 14.9 Å². The molecule has 2 aliphatic heterocycles. The predicted molar refractivity (Wildman–Crippen MR) is 103 cm³/mol. The third-order valence-electron chi connectivity index (χ3n) is 5.62. The lowest BCUT2D eigenvalue weighted by atomic mass is 9.73. The van der Waals surface area contributed by atoms with Crippen molar-refractivity contribution in [3.63, 3.8) is 0 Å². The summed E-state index contributed by atoms with van der Waals surface area (Å²) in [5, 5.41) is 10.0. The van der Waals surface area contributed by atoms with Gasteiger partial charge in [-0.25, -0.2) is 9.97 Å². The SMILES string of the molecule is COc1ccc2c(c1)OC[C@]1(C(=O)O)CN(Cc3cnc(N(C)C)nc3)CC21. The number of carbonyl (C=O) groups is 1. The monoisotopic (exact) mass is 384 g/mol. The molecule has 1 aromatic heterocycles. The van der Waals surface area contributed by atoms with Crippen LogP contribution in [0.5, 0.6) is 11.5 Å². The second-order valence-electron chi connectivity index (χ2n) is 7.66. The number of benzene rings is 1. The van der Waals surface area contributed by atoms with Gasteiger partial charge in [-0.1, -0.05) is 6.07 Å². The Morgan fingerprint density at radius 2 is 2.14 bits per heavy atom.